The zero-order valence-corrected chi connectivity index (χ0v) is 9.64. The van der Waals surface area contributed by atoms with Gasteiger partial charge in [0.25, 0.3) is 0 Å². The first-order valence-electron chi connectivity index (χ1n) is 5.64. The molecule has 0 aliphatic rings. The Labute approximate surface area is 88.4 Å². The monoisotopic (exact) mass is 189 g/mol. The van der Waals surface area contributed by atoms with Gasteiger partial charge in [-0.2, -0.15) is 0 Å². The van der Waals surface area contributed by atoms with Crippen LogP contribution in [0.4, 0.5) is 0 Å². The molecule has 1 rings (SSSR count). The van der Waals surface area contributed by atoms with Crippen LogP contribution in [0, 0.1) is 20.3 Å². The van der Waals surface area contributed by atoms with Crippen molar-refractivity contribution in [3.8, 4) is 0 Å². The number of hydrogen-bond acceptors (Lipinski definition) is 0. The van der Waals surface area contributed by atoms with Gasteiger partial charge in [-0.25, -0.2) is 0 Å². The van der Waals surface area contributed by atoms with Gasteiger partial charge in [0.05, 0.1) is 0 Å². The van der Waals surface area contributed by atoms with Crippen molar-refractivity contribution >= 4 is 0 Å². The third-order valence-electron chi connectivity index (χ3n) is 2.61. The molecular weight excluding hydrogens is 168 g/mol. The predicted octanol–water partition coefficient (Wildman–Crippen LogP) is 4.44. The minimum atomic E-state index is 1.22. The van der Waals surface area contributed by atoms with E-state index in [-0.39, 0.29) is 0 Å². The molecule has 14 heavy (non-hydrogen) atoms. The Morgan fingerprint density at radius 1 is 1.14 bits per heavy atom. The topological polar surface area (TPSA) is 0 Å². The minimum absolute atomic E-state index is 1.22. The molecule has 0 aromatic heterocycles. The van der Waals surface area contributed by atoms with Crippen molar-refractivity contribution in [3.05, 3.63) is 41.3 Å². The molecular formula is C14H21. The molecule has 0 unspecified atom stereocenters. The van der Waals surface area contributed by atoms with Gasteiger partial charge < -0.3 is 0 Å². The second kappa shape index (κ2) is 5.85. The standard InChI is InChI=1S/C14H21/c1-4-5-6-7-8-14-11-12(2)9-10-13(14)3/h8-11H,4-7H2,1-3H3. The van der Waals surface area contributed by atoms with Crippen molar-refractivity contribution < 1.29 is 0 Å². The van der Waals surface area contributed by atoms with Crippen LogP contribution in [0.15, 0.2) is 18.2 Å². The van der Waals surface area contributed by atoms with Gasteiger partial charge in [0.15, 0.2) is 0 Å². The molecule has 1 aromatic carbocycles. The third-order valence-corrected chi connectivity index (χ3v) is 2.61. The summed E-state index contributed by atoms with van der Waals surface area (Å²) in [6.07, 6.45) is 7.57. The molecule has 0 saturated carbocycles. The van der Waals surface area contributed by atoms with E-state index in [0.29, 0.717) is 0 Å². The minimum Gasteiger partial charge on any atom is -0.0654 e. The normalized spacial score (nSPS) is 10.5. The SMILES string of the molecule is CCCCC[CH]c1cc(C)ccc1C. The van der Waals surface area contributed by atoms with E-state index in [9.17, 15) is 0 Å². The van der Waals surface area contributed by atoms with E-state index in [1.54, 1.807) is 0 Å². The molecule has 1 aromatic rings. The maximum atomic E-state index is 2.37. The van der Waals surface area contributed by atoms with Crippen molar-refractivity contribution in [3.63, 3.8) is 0 Å². The Morgan fingerprint density at radius 3 is 2.64 bits per heavy atom. The van der Waals surface area contributed by atoms with Crippen LogP contribution < -0.4 is 0 Å². The molecule has 0 heteroatoms. The Balaban J connectivity index is 2.45. The van der Waals surface area contributed by atoms with Crippen molar-refractivity contribution in [2.45, 2.75) is 46.5 Å². The van der Waals surface area contributed by atoms with Gasteiger partial charge in [-0.3, -0.25) is 0 Å². The van der Waals surface area contributed by atoms with E-state index >= 15 is 0 Å². The average molecular weight is 189 g/mol. The average Bonchev–Trinajstić information content (AvgIpc) is 2.18. The summed E-state index contributed by atoms with van der Waals surface area (Å²) in [5, 5.41) is 0. The molecule has 0 spiro atoms. The first-order chi connectivity index (χ1) is 6.74. The number of aryl methyl sites for hydroxylation is 2. The fourth-order valence-electron chi connectivity index (χ4n) is 1.63. The van der Waals surface area contributed by atoms with Gasteiger partial charge in [-0.1, -0.05) is 49.9 Å². The molecule has 0 N–H and O–H groups in total. The summed E-state index contributed by atoms with van der Waals surface area (Å²) < 4.78 is 0. The molecule has 0 nitrogen and oxygen atoms in total. The first kappa shape index (κ1) is 11.3. The summed E-state index contributed by atoms with van der Waals surface area (Å²) in [5.41, 5.74) is 4.17. The molecule has 0 atom stereocenters. The van der Waals surface area contributed by atoms with Crippen LogP contribution in [-0.2, 0) is 0 Å². The highest BCUT2D eigenvalue weighted by molar-refractivity contribution is 5.35. The third kappa shape index (κ3) is 3.53. The van der Waals surface area contributed by atoms with Crippen LogP contribution in [-0.4, -0.2) is 0 Å². The van der Waals surface area contributed by atoms with Gasteiger partial charge >= 0.3 is 0 Å². The van der Waals surface area contributed by atoms with Crippen LogP contribution in [0.25, 0.3) is 0 Å². The van der Waals surface area contributed by atoms with E-state index < -0.39 is 0 Å². The molecule has 0 fully saturated rings. The van der Waals surface area contributed by atoms with Crippen LogP contribution in [0.2, 0.25) is 0 Å². The summed E-state index contributed by atoms with van der Waals surface area (Å²) in [7, 11) is 0. The number of hydrogen-bond donors (Lipinski definition) is 0. The summed E-state index contributed by atoms with van der Waals surface area (Å²) in [6, 6.07) is 6.67. The van der Waals surface area contributed by atoms with Crippen molar-refractivity contribution in [1.29, 1.82) is 0 Å². The maximum Gasteiger partial charge on any atom is -0.00903 e. The van der Waals surface area contributed by atoms with Crippen molar-refractivity contribution in [2.75, 3.05) is 0 Å². The van der Waals surface area contributed by atoms with Gasteiger partial charge in [0.1, 0.15) is 0 Å². The molecule has 0 bridgehead atoms. The van der Waals surface area contributed by atoms with E-state index in [1.807, 2.05) is 0 Å². The highest BCUT2D eigenvalue weighted by atomic mass is 14.0. The largest absolute Gasteiger partial charge is 0.0654 e. The van der Waals surface area contributed by atoms with E-state index in [4.69, 9.17) is 0 Å². The summed E-state index contributed by atoms with van der Waals surface area (Å²) in [4.78, 5) is 0. The number of benzene rings is 1. The summed E-state index contributed by atoms with van der Waals surface area (Å²) >= 11 is 0. The lowest BCUT2D eigenvalue weighted by Gasteiger charge is -2.06. The Kier molecular flexibility index (Phi) is 4.72. The van der Waals surface area contributed by atoms with E-state index in [0.717, 1.165) is 0 Å². The molecule has 0 aliphatic carbocycles. The number of unbranched alkanes of at least 4 members (excludes halogenated alkanes) is 3. The Morgan fingerprint density at radius 2 is 1.93 bits per heavy atom. The lowest BCUT2D eigenvalue weighted by molar-refractivity contribution is 0.714. The fourth-order valence-corrected chi connectivity index (χ4v) is 1.63. The van der Waals surface area contributed by atoms with Gasteiger partial charge in [-0.15, -0.1) is 0 Å². The molecule has 0 saturated heterocycles. The fraction of sp³-hybridized carbons (Fsp3) is 0.500. The van der Waals surface area contributed by atoms with E-state index in [2.05, 4.69) is 45.4 Å². The zero-order chi connectivity index (χ0) is 10.4. The Hall–Kier alpha value is -0.780. The lowest BCUT2D eigenvalue weighted by Crippen LogP contribution is -1.88. The van der Waals surface area contributed by atoms with E-state index in [1.165, 1.54) is 42.4 Å². The van der Waals surface area contributed by atoms with Gasteiger partial charge in [-0.05, 0) is 37.8 Å². The first-order valence-corrected chi connectivity index (χ1v) is 5.64. The highest BCUT2D eigenvalue weighted by Crippen LogP contribution is 2.16. The Bertz CT molecular complexity index is 273. The number of rotatable bonds is 5. The van der Waals surface area contributed by atoms with Crippen LogP contribution in [0.5, 0.6) is 0 Å². The quantitative estimate of drug-likeness (QED) is 0.601. The van der Waals surface area contributed by atoms with Crippen LogP contribution >= 0.6 is 0 Å². The molecule has 0 aliphatic heterocycles. The van der Waals surface area contributed by atoms with Crippen LogP contribution in [0.3, 0.4) is 0 Å². The highest BCUT2D eigenvalue weighted by Gasteiger charge is 1.98. The summed E-state index contributed by atoms with van der Waals surface area (Å²) in [5.74, 6) is 0. The van der Waals surface area contributed by atoms with Crippen molar-refractivity contribution in [1.82, 2.24) is 0 Å². The second-order valence-corrected chi connectivity index (χ2v) is 4.06. The zero-order valence-electron chi connectivity index (χ0n) is 9.64. The molecule has 0 amide bonds. The molecule has 0 heterocycles. The summed E-state index contributed by atoms with van der Waals surface area (Å²) in [6.45, 7) is 6.59. The van der Waals surface area contributed by atoms with Crippen molar-refractivity contribution in [2.24, 2.45) is 0 Å². The maximum absolute atomic E-state index is 2.37. The second-order valence-electron chi connectivity index (χ2n) is 4.06. The lowest BCUT2D eigenvalue weighted by atomic mass is 10.00. The van der Waals surface area contributed by atoms with Gasteiger partial charge in [0.2, 0.25) is 0 Å². The van der Waals surface area contributed by atoms with Crippen LogP contribution in [0.1, 0.15) is 49.3 Å². The molecule has 1 radical (unpaired) electrons. The smallest absolute Gasteiger partial charge is 0.00903 e. The predicted molar refractivity (Wildman–Crippen MR) is 63.5 cm³/mol. The van der Waals surface area contributed by atoms with Gasteiger partial charge in [0, 0.05) is 0 Å². The molecule has 77 valence electrons.